The zero-order valence-corrected chi connectivity index (χ0v) is 17.1. The second-order valence-electron chi connectivity index (χ2n) is 7.09. The minimum Gasteiger partial charge on any atom is -0.481 e. The summed E-state index contributed by atoms with van der Waals surface area (Å²) in [6.45, 7) is 3.36. The van der Waals surface area contributed by atoms with E-state index in [0.717, 1.165) is 5.56 Å². The zero-order valence-electron chi connectivity index (χ0n) is 17.1. The zero-order chi connectivity index (χ0) is 22.7. The van der Waals surface area contributed by atoms with E-state index in [-0.39, 0.29) is 31.0 Å². The summed E-state index contributed by atoms with van der Waals surface area (Å²) in [4.78, 5) is 59.2. The van der Waals surface area contributed by atoms with Crippen LogP contribution in [0.5, 0.6) is 0 Å². The standard InChI is InChI=1S/C21H28N2O7/c1-3-7-18(25)22-13(2)17(24)11-15(10-14-8-5-4-6-9-14)20(28)23-16(21(29)30)12-19(26)27/h4-6,8-9,13,15-16H,3,7,10-12H2,1-2H3,(H,22,25)(H,23,28)(H,26,27)(H,29,30)/t13?,15-,16?/m1/s1. The highest BCUT2D eigenvalue weighted by Crippen LogP contribution is 2.15. The lowest BCUT2D eigenvalue weighted by atomic mass is 9.91. The maximum absolute atomic E-state index is 12.7. The highest BCUT2D eigenvalue weighted by Gasteiger charge is 2.30. The van der Waals surface area contributed by atoms with Crippen LogP contribution in [0.25, 0.3) is 0 Å². The van der Waals surface area contributed by atoms with Crippen LogP contribution in [0, 0.1) is 5.92 Å². The molecular formula is C21H28N2O7. The average molecular weight is 420 g/mol. The van der Waals surface area contributed by atoms with Crippen molar-refractivity contribution in [2.75, 3.05) is 0 Å². The Hall–Kier alpha value is -3.23. The number of hydrogen-bond acceptors (Lipinski definition) is 5. The first kappa shape index (κ1) is 24.8. The maximum Gasteiger partial charge on any atom is 0.326 e. The molecule has 9 heteroatoms. The van der Waals surface area contributed by atoms with Gasteiger partial charge in [0.25, 0.3) is 0 Å². The van der Waals surface area contributed by atoms with Crippen LogP contribution in [-0.4, -0.2) is 51.8 Å². The van der Waals surface area contributed by atoms with E-state index < -0.39 is 42.3 Å². The van der Waals surface area contributed by atoms with Crippen LogP contribution in [0.3, 0.4) is 0 Å². The Morgan fingerprint density at radius 2 is 1.60 bits per heavy atom. The number of nitrogens with one attached hydrogen (secondary N) is 2. The number of hydrogen-bond donors (Lipinski definition) is 4. The fourth-order valence-electron chi connectivity index (χ4n) is 2.86. The minimum absolute atomic E-state index is 0.160. The summed E-state index contributed by atoms with van der Waals surface area (Å²) in [6, 6.07) is 6.46. The third kappa shape index (κ3) is 8.85. The van der Waals surface area contributed by atoms with Crippen molar-refractivity contribution in [3.63, 3.8) is 0 Å². The third-order valence-corrected chi connectivity index (χ3v) is 4.47. The summed E-state index contributed by atoms with van der Waals surface area (Å²) in [6.07, 6.45) is 0.0602. The Morgan fingerprint density at radius 3 is 2.13 bits per heavy atom. The molecule has 0 fully saturated rings. The average Bonchev–Trinajstić information content (AvgIpc) is 2.67. The summed E-state index contributed by atoms with van der Waals surface area (Å²) in [5.74, 6) is -5.13. The van der Waals surface area contributed by atoms with Crippen LogP contribution in [0.15, 0.2) is 30.3 Å². The van der Waals surface area contributed by atoms with Crippen LogP contribution in [0.2, 0.25) is 0 Å². The number of rotatable bonds is 13. The Balaban J connectivity index is 2.94. The number of carboxylic acids is 2. The molecule has 164 valence electrons. The van der Waals surface area contributed by atoms with Gasteiger partial charge in [0.1, 0.15) is 6.04 Å². The molecular weight excluding hydrogens is 392 g/mol. The van der Waals surface area contributed by atoms with Crippen molar-refractivity contribution in [1.82, 2.24) is 10.6 Å². The molecule has 1 aromatic carbocycles. The van der Waals surface area contributed by atoms with Crippen molar-refractivity contribution in [2.45, 2.75) is 58.0 Å². The lowest BCUT2D eigenvalue weighted by molar-refractivity contribution is -0.147. The molecule has 0 saturated heterocycles. The highest BCUT2D eigenvalue weighted by atomic mass is 16.4. The second-order valence-corrected chi connectivity index (χ2v) is 7.09. The van der Waals surface area contributed by atoms with Gasteiger partial charge in [0.2, 0.25) is 11.8 Å². The van der Waals surface area contributed by atoms with E-state index in [0.29, 0.717) is 6.42 Å². The fourth-order valence-corrected chi connectivity index (χ4v) is 2.86. The molecule has 0 heterocycles. The summed E-state index contributed by atoms with van der Waals surface area (Å²) in [5.41, 5.74) is 0.762. The van der Waals surface area contributed by atoms with Gasteiger partial charge in [0.05, 0.1) is 12.5 Å². The van der Waals surface area contributed by atoms with Crippen molar-refractivity contribution < 1.29 is 34.2 Å². The van der Waals surface area contributed by atoms with E-state index in [1.54, 1.807) is 30.3 Å². The molecule has 1 rings (SSSR count). The van der Waals surface area contributed by atoms with Gasteiger partial charge in [-0.3, -0.25) is 19.2 Å². The van der Waals surface area contributed by atoms with E-state index in [1.165, 1.54) is 6.92 Å². The van der Waals surface area contributed by atoms with Crippen molar-refractivity contribution in [3.8, 4) is 0 Å². The molecule has 0 spiro atoms. The van der Waals surface area contributed by atoms with Gasteiger partial charge in [-0.15, -0.1) is 0 Å². The van der Waals surface area contributed by atoms with Crippen molar-refractivity contribution >= 4 is 29.5 Å². The summed E-state index contributed by atoms with van der Waals surface area (Å²) < 4.78 is 0. The van der Waals surface area contributed by atoms with Gasteiger partial charge in [0, 0.05) is 18.8 Å². The minimum atomic E-state index is -1.61. The quantitative estimate of drug-likeness (QED) is 0.374. The van der Waals surface area contributed by atoms with Gasteiger partial charge in [-0.1, -0.05) is 37.3 Å². The number of carboxylic acid groups (broad SMARTS) is 2. The van der Waals surface area contributed by atoms with Gasteiger partial charge in [0.15, 0.2) is 5.78 Å². The summed E-state index contributed by atoms with van der Waals surface area (Å²) in [7, 11) is 0. The molecule has 0 aromatic heterocycles. The number of carbonyl (C=O) groups is 5. The van der Waals surface area contributed by atoms with Crippen molar-refractivity contribution in [2.24, 2.45) is 5.92 Å². The number of carbonyl (C=O) groups excluding carboxylic acids is 3. The molecule has 0 aliphatic heterocycles. The van der Waals surface area contributed by atoms with Crippen LogP contribution >= 0.6 is 0 Å². The predicted octanol–water partition coefficient (Wildman–Crippen LogP) is 1.15. The van der Waals surface area contributed by atoms with Crippen LogP contribution in [0.1, 0.15) is 45.1 Å². The molecule has 1 aromatic rings. The van der Waals surface area contributed by atoms with Crippen LogP contribution in [0.4, 0.5) is 0 Å². The molecule has 0 bridgehead atoms. The van der Waals surface area contributed by atoms with Gasteiger partial charge >= 0.3 is 11.9 Å². The largest absolute Gasteiger partial charge is 0.481 e. The Labute approximate surface area is 174 Å². The number of benzene rings is 1. The topological polar surface area (TPSA) is 150 Å². The first-order chi connectivity index (χ1) is 14.1. The van der Waals surface area contributed by atoms with Crippen LogP contribution in [-0.2, 0) is 30.4 Å². The molecule has 0 saturated carbocycles. The maximum atomic E-state index is 12.7. The van der Waals surface area contributed by atoms with E-state index in [2.05, 4.69) is 10.6 Å². The Bertz CT molecular complexity index is 764. The molecule has 2 unspecified atom stereocenters. The number of amides is 2. The fraction of sp³-hybridized carbons (Fsp3) is 0.476. The SMILES string of the molecule is CCCC(=O)NC(C)C(=O)C[C@@H](Cc1ccccc1)C(=O)NC(CC(=O)O)C(=O)O. The molecule has 30 heavy (non-hydrogen) atoms. The predicted molar refractivity (Wildman–Crippen MR) is 108 cm³/mol. The first-order valence-corrected chi connectivity index (χ1v) is 9.75. The van der Waals surface area contributed by atoms with Crippen molar-refractivity contribution in [1.29, 1.82) is 0 Å². The monoisotopic (exact) mass is 420 g/mol. The summed E-state index contributed by atoms with van der Waals surface area (Å²) in [5, 5.41) is 22.8. The van der Waals surface area contributed by atoms with E-state index in [9.17, 15) is 24.0 Å². The highest BCUT2D eigenvalue weighted by molar-refractivity contribution is 5.93. The van der Waals surface area contributed by atoms with Gasteiger partial charge in [-0.25, -0.2) is 4.79 Å². The summed E-state index contributed by atoms with van der Waals surface area (Å²) >= 11 is 0. The number of ketones is 1. The van der Waals surface area contributed by atoms with Gasteiger partial charge in [-0.2, -0.15) is 0 Å². The van der Waals surface area contributed by atoms with E-state index >= 15 is 0 Å². The molecule has 9 nitrogen and oxygen atoms in total. The van der Waals surface area contributed by atoms with Crippen molar-refractivity contribution in [3.05, 3.63) is 35.9 Å². The number of aliphatic carboxylic acids is 2. The van der Waals surface area contributed by atoms with E-state index in [1.807, 2.05) is 6.92 Å². The lowest BCUT2D eigenvalue weighted by Gasteiger charge is -2.21. The molecule has 3 atom stereocenters. The lowest BCUT2D eigenvalue weighted by Crippen LogP contribution is -2.46. The number of Topliss-reactive ketones (excluding diaryl/α,β-unsaturated/α-hetero) is 1. The molecule has 0 aliphatic rings. The molecule has 0 aliphatic carbocycles. The molecule has 4 N–H and O–H groups in total. The third-order valence-electron chi connectivity index (χ3n) is 4.47. The smallest absolute Gasteiger partial charge is 0.326 e. The Morgan fingerprint density at radius 1 is 0.967 bits per heavy atom. The molecule has 2 amide bonds. The van der Waals surface area contributed by atoms with E-state index in [4.69, 9.17) is 10.2 Å². The first-order valence-electron chi connectivity index (χ1n) is 9.75. The second kappa shape index (κ2) is 12.4. The van der Waals surface area contributed by atoms with Gasteiger partial charge < -0.3 is 20.8 Å². The van der Waals surface area contributed by atoms with Gasteiger partial charge in [-0.05, 0) is 25.3 Å². The van der Waals surface area contributed by atoms with Crippen LogP contribution < -0.4 is 10.6 Å². The normalized spacial score (nSPS) is 13.5. The Kier molecular flexibility index (Phi) is 10.2. The molecule has 0 radical (unpaired) electrons.